The van der Waals surface area contributed by atoms with Crippen LogP contribution in [0.4, 0.5) is 11.4 Å². The highest BCUT2D eigenvalue weighted by molar-refractivity contribution is 6.04. The van der Waals surface area contributed by atoms with Crippen molar-refractivity contribution in [3.05, 3.63) is 60.2 Å². The number of rotatable bonds is 5. The van der Waals surface area contributed by atoms with Crippen LogP contribution in [0, 0.1) is 5.41 Å². The summed E-state index contributed by atoms with van der Waals surface area (Å²) in [5.41, 5.74) is 8.05. The SMILES string of the molecule is COc1ccc(Nc2c(OC)ccc3ccc(C(=N)N)cc23)cc1. The third-order valence-corrected chi connectivity index (χ3v) is 3.87. The first-order valence-corrected chi connectivity index (χ1v) is 7.48. The summed E-state index contributed by atoms with van der Waals surface area (Å²) in [7, 11) is 3.27. The van der Waals surface area contributed by atoms with Crippen molar-refractivity contribution in [2.75, 3.05) is 19.5 Å². The van der Waals surface area contributed by atoms with E-state index in [2.05, 4.69) is 5.32 Å². The minimum atomic E-state index is 0.0371. The zero-order valence-corrected chi connectivity index (χ0v) is 13.6. The number of hydrogen-bond donors (Lipinski definition) is 3. The Bertz CT molecular complexity index is 889. The molecule has 0 atom stereocenters. The molecule has 4 N–H and O–H groups in total. The van der Waals surface area contributed by atoms with Crippen molar-refractivity contribution in [2.45, 2.75) is 0 Å². The molecular weight excluding hydrogens is 302 g/mol. The maximum Gasteiger partial charge on any atom is 0.142 e. The minimum absolute atomic E-state index is 0.0371. The Kier molecular flexibility index (Phi) is 4.24. The van der Waals surface area contributed by atoms with Crippen LogP contribution in [0.5, 0.6) is 11.5 Å². The van der Waals surface area contributed by atoms with Crippen molar-refractivity contribution in [1.82, 2.24) is 0 Å². The maximum atomic E-state index is 7.66. The lowest BCUT2D eigenvalue weighted by Gasteiger charge is -2.15. The normalized spacial score (nSPS) is 10.4. The molecule has 0 saturated carbocycles. The van der Waals surface area contributed by atoms with Gasteiger partial charge in [0.2, 0.25) is 0 Å². The van der Waals surface area contributed by atoms with E-state index in [4.69, 9.17) is 20.6 Å². The van der Waals surface area contributed by atoms with Gasteiger partial charge in [0, 0.05) is 16.6 Å². The molecule has 5 heteroatoms. The molecule has 0 amide bonds. The highest BCUT2D eigenvalue weighted by atomic mass is 16.5. The van der Waals surface area contributed by atoms with Gasteiger partial charge >= 0.3 is 0 Å². The van der Waals surface area contributed by atoms with Crippen molar-refractivity contribution in [2.24, 2.45) is 5.73 Å². The van der Waals surface area contributed by atoms with Gasteiger partial charge in [0.25, 0.3) is 0 Å². The number of amidine groups is 1. The van der Waals surface area contributed by atoms with Crippen molar-refractivity contribution in [1.29, 1.82) is 5.41 Å². The molecule has 3 aromatic carbocycles. The van der Waals surface area contributed by atoms with Crippen molar-refractivity contribution in [3.8, 4) is 11.5 Å². The monoisotopic (exact) mass is 321 g/mol. The fourth-order valence-corrected chi connectivity index (χ4v) is 2.58. The standard InChI is InChI=1S/C19H19N3O2/c1-23-15-8-6-14(7-9-15)22-18-16-11-13(19(20)21)4-3-12(16)5-10-17(18)24-2/h3-11,22H,1-2H3,(H3,20,21). The Morgan fingerprint density at radius 2 is 1.67 bits per heavy atom. The smallest absolute Gasteiger partial charge is 0.142 e. The maximum absolute atomic E-state index is 7.66. The average Bonchev–Trinajstić information content (AvgIpc) is 2.62. The molecule has 0 aliphatic carbocycles. The second-order valence-corrected chi connectivity index (χ2v) is 5.35. The van der Waals surface area contributed by atoms with Crippen LogP contribution in [0.25, 0.3) is 10.8 Å². The number of benzene rings is 3. The van der Waals surface area contributed by atoms with E-state index in [0.29, 0.717) is 5.56 Å². The van der Waals surface area contributed by atoms with E-state index in [1.54, 1.807) is 14.2 Å². The molecule has 0 aliphatic rings. The highest BCUT2D eigenvalue weighted by Gasteiger charge is 2.10. The Balaban J connectivity index is 2.11. The number of hydrogen-bond acceptors (Lipinski definition) is 4. The molecule has 0 radical (unpaired) electrons. The van der Waals surface area contributed by atoms with Crippen LogP contribution in [0.2, 0.25) is 0 Å². The molecule has 0 unspecified atom stereocenters. The summed E-state index contributed by atoms with van der Waals surface area (Å²) in [6.45, 7) is 0. The number of anilines is 2. The van der Waals surface area contributed by atoms with E-state index in [0.717, 1.165) is 33.6 Å². The summed E-state index contributed by atoms with van der Waals surface area (Å²) in [6.07, 6.45) is 0. The lowest BCUT2D eigenvalue weighted by molar-refractivity contribution is 0.415. The van der Waals surface area contributed by atoms with E-state index in [1.165, 1.54) is 0 Å². The van der Waals surface area contributed by atoms with Gasteiger partial charge in [-0.3, -0.25) is 5.41 Å². The van der Waals surface area contributed by atoms with Gasteiger partial charge in [-0.15, -0.1) is 0 Å². The van der Waals surface area contributed by atoms with E-state index >= 15 is 0 Å². The molecule has 0 aliphatic heterocycles. The number of nitrogens with two attached hydrogens (primary N) is 1. The van der Waals surface area contributed by atoms with Gasteiger partial charge in [-0.05, 0) is 41.8 Å². The summed E-state index contributed by atoms with van der Waals surface area (Å²) in [6, 6.07) is 17.2. The van der Waals surface area contributed by atoms with Gasteiger partial charge in [-0.1, -0.05) is 18.2 Å². The summed E-state index contributed by atoms with van der Waals surface area (Å²) < 4.78 is 10.7. The molecule has 3 aromatic rings. The zero-order valence-electron chi connectivity index (χ0n) is 13.6. The van der Waals surface area contributed by atoms with Crippen LogP contribution in [0.3, 0.4) is 0 Å². The average molecular weight is 321 g/mol. The highest BCUT2D eigenvalue weighted by Crippen LogP contribution is 2.36. The largest absolute Gasteiger partial charge is 0.497 e. The van der Waals surface area contributed by atoms with Gasteiger partial charge < -0.3 is 20.5 Å². The number of nitrogens with one attached hydrogen (secondary N) is 2. The molecule has 5 nitrogen and oxygen atoms in total. The fraction of sp³-hybridized carbons (Fsp3) is 0.105. The minimum Gasteiger partial charge on any atom is -0.497 e. The molecule has 0 aromatic heterocycles. The predicted molar refractivity (Wildman–Crippen MR) is 97.8 cm³/mol. The third kappa shape index (κ3) is 2.96. The van der Waals surface area contributed by atoms with E-state index < -0.39 is 0 Å². The van der Waals surface area contributed by atoms with Crippen LogP contribution in [-0.4, -0.2) is 20.1 Å². The second kappa shape index (κ2) is 6.50. The van der Waals surface area contributed by atoms with Gasteiger partial charge in [-0.2, -0.15) is 0 Å². The lowest BCUT2D eigenvalue weighted by atomic mass is 10.0. The summed E-state index contributed by atoms with van der Waals surface area (Å²) >= 11 is 0. The lowest BCUT2D eigenvalue weighted by Crippen LogP contribution is -2.10. The van der Waals surface area contributed by atoms with Crippen LogP contribution in [0.1, 0.15) is 5.56 Å². The first-order valence-electron chi connectivity index (χ1n) is 7.48. The van der Waals surface area contributed by atoms with Crippen LogP contribution >= 0.6 is 0 Å². The Hall–Kier alpha value is -3.21. The molecule has 24 heavy (non-hydrogen) atoms. The number of nitrogen functional groups attached to an aromatic ring is 1. The van der Waals surface area contributed by atoms with Gasteiger partial charge in [-0.25, -0.2) is 0 Å². The van der Waals surface area contributed by atoms with Gasteiger partial charge in [0.1, 0.15) is 17.3 Å². The molecule has 122 valence electrons. The number of ether oxygens (including phenoxy) is 2. The van der Waals surface area contributed by atoms with E-state index in [9.17, 15) is 0 Å². The van der Waals surface area contributed by atoms with E-state index in [1.807, 2.05) is 54.6 Å². The van der Waals surface area contributed by atoms with Crippen LogP contribution < -0.4 is 20.5 Å². The molecule has 0 bridgehead atoms. The third-order valence-electron chi connectivity index (χ3n) is 3.87. The van der Waals surface area contributed by atoms with Crippen LogP contribution in [0.15, 0.2) is 54.6 Å². The quantitative estimate of drug-likeness (QED) is 0.492. The molecule has 0 spiro atoms. The van der Waals surface area contributed by atoms with E-state index in [-0.39, 0.29) is 5.84 Å². The number of fused-ring (bicyclic) bond motifs is 1. The molecule has 3 rings (SSSR count). The van der Waals surface area contributed by atoms with Crippen molar-refractivity contribution in [3.63, 3.8) is 0 Å². The molecular formula is C19H19N3O2. The van der Waals surface area contributed by atoms with Crippen molar-refractivity contribution < 1.29 is 9.47 Å². The van der Waals surface area contributed by atoms with Crippen molar-refractivity contribution >= 4 is 28.0 Å². The van der Waals surface area contributed by atoms with Gasteiger partial charge in [0.05, 0.1) is 19.9 Å². The van der Waals surface area contributed by atoms with Gasteiger partial charge in [0.15, 0.2) is 0 Å². The summed E-state index contributed by atoms with van der Waals surface area (Å²) in [5.74, 6) is 1.55. The summed E-state index contributed by atoms with van der Waals surface area (Å²) in [4.78, 5) is 0. The zero-order chi connectivity index (χ0) is 17.1. The Morgan fingerprint density at radius 1 is 0.958 bits per heavy atom. The molecule has 0 heterocycles. The fourth-order valence-electron chi connectivity index (χ4n) is 2.58. The Morgan fingerprint density at radius 3 is 2.29 bits per heavy atom. The molecule has 0 saturated heterocycles. The second-order valence-electron chi connectivity index (χ2n) is 5.35. The molecule has 0 fully saturated rings. The Labute approximate surface area is 140 Å². The topological polar surface area (TPSA) is 80.4 Å². The van der Waals surface area contributed by atoms with Crippen LogP contribution in [-0.2, 0) is 0 Å². The number of methoxy groups -OCH3 is 2. The summed E-state index contributed by atoms with van der Waals surface area (Å²) in [5, 5.41) is 13.0. The predicted octanol–water partition coefficient (Wildman–Crippen LogP) is 3.88. The first kappa shape index (κ1) is 15.7. The first-order chi connectivity index (χ1) is 11.6.